The predicted molar refractivity (Wildman–Crippen MR) is 52.3 cm³/mol. The summed E-state index contributed by atoms with van der Waals surface area (Å²) >= 11 is 0. The van der Waals surface area contributed by atoms with Gasteiger partial charge in [-0.1, -0.05) is 0 Å². The Kier molecular flexibility index (Phi) is 6.13. The van der Waals surface area contributed by atoms with Crippen LogP contribution in [0.4, 0.5) is 5.82 Å². The standard InChI is InChI=1S/C4H5N3.C4H6O5/c5-4-3-6-1-2-7-4;5-2(4(8)9)1-3(6)7/h1-3H,(H2,5,7);2,5H,1H2,(H,6,7)(H,8,9). The second kappa shape index (κ2) is 7.12. The first-order valence-electron chi connectivity index (χ1n) is 4.07. The molecule has 1 aromatic heterocycles. The van der Waals surface area contributed by atoms with E-state index in [-0.39, 0.29) is 0 Å². The van der Waals surface area contributed by atoms with Crippen molar-refractivity contribution in [1.82, 2.24) is 9.97 Å². The van der Waals surface area contributed by atoms with Crippen molar-refractivity contribution in [3.63, 3.8) is 0 Å². The molecule has 8 nitrogen and oxygen atoms in total. The minimum atomic E-state index is -1.79. The lowest BCUT2D eigenvalue weighted by Gasteiger charge is -1.97. The van der Waals surface area contributed by atoms with Gasteiger partial charge in [-0.05, 0) is 0 Å². The summed E-state index contributed by atoms with van der Waals surface area (Å²) in [6.07, 6.45) is 2.09. The molecule has 0 radical (unpaired) electrons. The van der Waals surface area contributed by atoms with Gasteiger partial charge in [0, 0.05) is 12.4 Å². The minimum Gasteiger partial charge on any atom is -0.481 e. The second-order valence-corrected chi connectivity index (χ2v) is 2.58. The van der Waals surface area contributed by atoms with Crippen LogP contribution in [0.5, 0.6) is 0 Å². The zero-order valence-electron chi connectivity index (χ0n) is 8.15. The number of anilines is 1. The van der Waals surface area contributed by atoms with E-state index in [1.807, 2.05) is 0 Å². The van der Waals surface area contributed by atoms with Gasteiger partial charge in [0.05, 0.1) is 12.6 Å². The number of hydrogen-bond acceptors (Lipinski definition) is 6. The average molecular weight is 229 g/mol. The number of carboxylic acids is 2. The van der Waals surface area contributed by atoms with Crippen LogP contribution in [0.1, 0.15) is 6.42 Å². The summed E-state index contributed by atoms with van der Waals surface area (Å²) < 4.78 is 0. The number of nitrogen functional groups attached to an aromatic ring is 1. The molecule has 0 spiro atoms. The Morgan fingerprint density at radius 3 is 2.19 bits per heavy atom. The van der Waals surface area contributed by atoms with Crippen LogP contribution in [-0.2, 0) is 9.59 Å². The Hall–Kier alpha value is -2.22. The number of rotatable bonds is 3. The van der Waals surface area contributed by atoms with Crippen molar-refractivity contribution in [2.24, 2.45) is 0 Å². The third-order valence-corrected chi connectivity index (χ3v) is 1.24. The number of aromatic nitrogens is 2. The topological polar surface area (TPSA) is 147 Å². The van der Waals surface area contributed by atoms with Gasteiger partial charge in [0.15, 0.2) is 6.10 Å². The highest BCUT2D eigenvalue weighted by molar-refractivity contribution is 5.79. The van der Waals surface area contributed by atoms with E-state index in [0.29, 0.717) is 5.82 Å². The zero-order valence-corrected chi connectivity index (χ0v) is 8.15. The molecule has 1 rings (SSSR count). The summed E-state index contributed by atoms with van der Waals surface area (Å²) in [7, 11) is 0. The maximum atomic E-state index is 9.72. The third-order valence-electron chi connectivity index (χ3n) is 1.24. The second-order valence-electron chi connectivity index (χ2n) is 2.58. The average Bonchev–Trinajstić information content (AvgIpc) is 2.18. The molecule has 0 aliphatic rings. The molecule has 0 aromatic carbocycles. The molecule has 1 heterocycles. The summed E-state index contributed by atoms with van der Waals surface area (Å²) in [6, 6.07) is 0. The number of nitrogens with zero attached hydrogens (tertiary/aromatic N) is 2. The maximum absolute atomic E-state index is 9.72. The van der Waals surface area contributed by atoms with E-state index in [9.17, 15) is 9.59 Å². The highest BCUT2D eigenvalue weighted by Gasteiger charge is 2.16. The molecule has 0 saturated carbocycles. The lowest BCUT2D eigenvalue weighted by atomic mass is 10.3. The molecule has 5 N–H and O–H groups in total. The van der Waals surface area contributed by atoms with Gasteiger partial charge in [-0.15, -0.1) is 0 Å². The first-order chi connectivity index (χ1) is 7.43. The van der Waals surface area contributed by atoms with Gasteiger partial charge in [0.2, 0.25) is 0 Å². The molecule has 0 saturated heterocycles. The van der Waals surface area contributed by atoms with Gasteiger partial charge < -0.3 is 21.1 Å². The normalized spacial score (nSPS) is 10.8. The largest absolute Gasteiger partial charge is 0.481 e. The number of nitrogens with two attached hydrogens (primary N) is 1. The number of carboxylic acid groups (broad SMARTS) is 2. The highest BCUT2D eigenvalue weighted by Crippen LogP contribution is 1.89. The Bertz CT molecular complexity index is 343. The Morgan fingerprint density at radius 1 is 1.38 bits per heavy atom. The predicted octanol–water partition coefficient (Wildman–Crippen LogP) is -1.03. The van der Waals surface area contributed by atoms with Crippen LogP contribution in [-0.4, -0.2) is 43.3 Å². The first kappa shape index (κ1) is 13.8. The molecule has 0 bridgehead atoms. The van der Waals surface area contributed by atoms with Crippen molar-refractivity contribution in [2.75, 3.05) is 5.73 Å². The molecule has 88 valence electrons. The van der Waals surface area contributed by atoms with Gasteiger partial charge in [-0.25, -0.2) is 9.78 Å². The summed E-state index contributed by atoms with van der Waals surface area (Å²) in [5.41, 5.74) is 5.18. The van der Waals surface area contributed by atoms with Crippen LogP contribution >= 0.6 is 0 Å². The fourth-order valence-electron chi connectivity index (χ4n) is 0.563. The van der Waals surface area contributed by atoms with Crippen LogP contribution in [0, 0.1) is 0 Å². The molecule has 1 atom stereocenters. The zero-order chi connectivity index (χ0) is 12.6. The van der Waals surface area contributed by atoms with E-state index in [0.717, 1.165) is 0 Å². The molecule has 16 heavy (non-hydrogen) atoms. The van der Waals surface area contributed by atoms with E-state index >= 15 is 0 Å². The lowest BCUT2D eigenvalue weighted by molar-refractivity contribution is -0.152. The van der Waals surface area contributed by atoms with Crippen LogP contribution in [0.15, 0.2) is 18.6 Å². The lowest BCUT2D eigenvalue weighted by Crippen LogP contribution is -2.22. The Morgan fingerprint density at radius 2 is 2.00 bits per heavy atom. The maximum Gasteiger partial charge on any atom is 0.333 e. The molecular weight excluding hydrogens is 218 g/mol. The molecular formula is C8H11N3O5. The van der Waals surface area contributed by atoms with Gasteiger partial charge >= 0.3 is 11.9 Å². The molecule has 0 amide bonds. The molecule has 1 unspecified atom stereocenters. The summed E-state index contributed by atoms with van der Waals surface area (Å²) in [4.78, 5) is 26.8. The molecule has 8 heteroatoms. The number of aliphatic hydroxyl groups is 1. The molecule has 0 aliphatic heterocycles. The van der Waals surface area contributed by atoms with Gasteiger partial charge in [0.1, 0.15) is 5.82 Å². The number of hydrogen-bond donors (Lipinski definition) is 4. The van der Waals surface area contributed by atoms with Crippen molar-refractivity contribution in [1.29, 1.82) is 0 Å². The molecule has 0 aliphatic carbocycles. The monoisotopic (exact) mass is 229 g/mol. The van der Waals surface area contributed by atoms with Gasteiger partial charge in [-0.3, -0.25) is 9.78 Å². The third kappa shape index (κ3) is 7.21. The number of carbonyl (C=O) groups is 2. The van der Waals surface area contributed by atoms with Crippen molar-refractivity contribution >= 4 is 17.8 Å². The Balaban J connectivity index is 0.000000288. The summed E-state index contributed by atoms with van der Waals surface area (Å²) in [5.74, 6) is -2.38. The fourth-order valence-corrected chi connectivity index (χ4v) is 0.563. The van der Waals surface area contributed by atoms with E-state index in [1.165, 1.54) is 6.20 Å². The van der Waals surface area contributed by atoms with E-state index in [1.54, 1.807) is 12.4 Å². The van der Waals surface area contributed by atoms with Crippen LogP contribution in [0.2, 0.25) is 0 Å². The van der Waals surface area contributed by atoms with E-state index < -0.39 is 24.5 Å². The Labute approximate surface area is 90.4 Å². The van der Waals surface area contributed by atoms with Gasteiger partial charge in [-0.2, -0.15) is 0 Å². The van der Waals surface area contributed by atoms with Crippen molar-refractivity contribution in [2.45, 2.75) is 12.5 Å². The van der Waals surface area contributed by atoms with E-state index in [4.69, 9.17) is 21.1 Å². The quantitative estimate of drug-likeness (QED) is 0.514. The van der Waals surface area contributed by atoms with Crippen molar-refractivity contribution in [3.05, 3.63) is 18.6 Å². The highest BCUT2D eigenvalue weighted by atomic mass is 16.4. The number of aliphatic hydroxyl groups excluding tert-OH is 1. The summed E-state index contributed by atoms with van der Waals surface area (Å²) in [5, 5.41) is 24.1. The SMILES string of the molecule is Nc1cnccn1.O=C(O)CC(O)C(=O)O. The molecule has 0 fully saturated rings. The van der Waals surface area contributed by atoms with Crippen molar-refractivity contribution in [3.8, 4) is 0 Å². The number of aliphatic carboxylic acids is 2. The van der Waals surface area contributed by atoms with Crippen LogP contribution in [0.3, 0.4) is 0 Å². The van der Waals surface area contributed by atoms with E-state index in [2.05, 4.69) is 9.97 Å². The smallest absolute Gasteiger partial charge is 0.333 e. The minimum absolute atomic E-state index is 0.461. The summed E-state index contributed by atoms with van der Waals surface area (Å²) in [6.45, 7) is 0. The first-order valence-corrected chi connectivity index (χ1v) is 4.07. The molecule has 1 aromatic rings. The van der Waals surface area contributed by atoms with Gasteiger partial charge in [0.25, 0.3) is 0 Å². The fraction of sp³-hybridized carbons (Fsp3) is 0.250. The van der Waals surface area contributed by atoms with Crippen LogP contribution in [0.25, 0.3) is 0 Å². The van der Waals surface area contributed by atoms with Crippen molar-refractivity contribution < 1.29 is 24.9 Å². The van der Waals surface area contributed by atoms with Crippen LogP contribution < -0.4 is 5.73 Å².